The molecule has 3 aromatic rings. The third-order valence-electron chi connectivity index (χ3n) is 5.09. The van der Waals surface area contributed by atoms with Crippen molar-refractivity contribution in [3.05, 3.63) is 70.7 Å². The van der Waals surface area contributed by atoms with E-state index in [1.807, 2.05) is 36.4 Å². The van der Waals surface area contributed by atoms with Gasteiger partial charge in [0.2, 0.25) is 5.91 Å². The van der Waals surface area contributed by atoms with Gasteiger partial charge in [0.25, 0.3) is 5.91 Å². The molecule has 0 unspecified atom stereocenters. The van der Waals surface area contributed by atoms with Crippen LogP contribution in [0.2, 0.25) is 10.0 Å². The number of nitrogens with one attached hydrogen (secondary N) is 1. The first-order valence-electron chi connectivity index (χ1n) is 9.62. The van der Waals surface area contributed by atoms with E-state index >= 15 is 0 Å². The fraction of sp³-hybridized carbons (Fsp3) is 0.174. The lowest BCUT2D eigenvalue weighted by molar-refractivity contribution is -0.151. The second-order valence-electron chi connectivity index (χ2n) is 7.16. The minimum atomic E-state index is -0.687. The molecule has 6 nitrogen and oxygen atoms in total. The molecule has 1 N–H and O–H groups in total. The van der Waals surface area contributed by atoms with Crippen molar-refractivity contribution in [3.8, 4) is 0 Å². The van der Waals surface area contributed by atoms with Gasteiger partial charge in [-0.25, -0.2) is 0 Å². The molecule has 3 aromatic carbocycles. The normalized spacial score (nSPS) is 15.9. The zero-order valence-electron chi connectivity index (χ0n) is 16.3. The van der Waals surface area contributed by atoms with E-state index in [0.29, 0.717) is 16.4 Å². The summed E-state index contributed by atoms with van der Waals surface area (Å²) in [5.74, 6) is -2.01. The van der Waals surface area contributed by atoms with Crippen LogP contribution in [0.15, 0.2) is 60.7 Å². The Balaban J connectivity index is 1.36. The third-order valence-corrected chi connectivity index (χ3v) is 5.90. The lowest BCUT2D eigenvalue weighted by Crippen LogP contribution is -2.28. The van der Waals surface area contributed by atoms with Crippen LogP contribution in [0.4, 0.5) is 11.4 Å². The number of anilines is 2. The molecular weight excluding hydrogens is 439 g/mol. The number of hydrogen-bond donors (Lipinski definition) is 1. The molecule has 0 saturated carbocycles. The maximum Gasteiger partial charge on any atom is 0.311 e. The molecular formula is C23H18Cl2N2O4. The molecule has 1 heterocycles. The zero-order valence-corrected chi connectivity index (χ0v) is 17.8. The highest BCUT2D eigenvalue weighted by Crippen LogP contribution is 2.35. The maximum atomic E-state index is 12.4. The summed E-state index contributed by atoms with van der Waals surface area (Å²) in [4.78, 5) is 38.6. The summed E-state index contributed by atoms with van der Waals surface area (Å²) in [5.41, 5.74) is 1.08. The largest absolute Gasteiger partial charge is 0.455 e. The van der Waals surface area contributed by atoms with Gasteiger partial charge in [-0.2, -0.15) is 0 Å². The van der Waals surface area contributed by atoms with Crippen molar-refractivity contribution in [1.29, 1.82) is 0 Å². The van der Waals surface area contributed by atoms with Crippen LogP contribution >= 0.6 is 23.2 Å². The van der Waals surface area contributed by atoms with Crippen LogP contribution in [0, 0.1) is 5.92 Å². The Labute approximate surface area is 188 Å². The number of carbonyl (C=O) groups excluding carboxylic acids is 3. The molecule has 158 valence electrons. The summed E-state index contributed by atoms with van der Waals surface area (Å²) >= 11 is 12.2. The van der Waals surface area contributed by atoms with Crippen LogP contribution in [0.25, 0.3) is 10.8 Å². The Hall–Kier alpha value is -3.09. The van der Waals surface area contributed by atoms with Gasteiger partial charge in [0, 0.05) is 24.0 Å². The highest BCUT2D eigenvalue weighted by molar-refractivity contribution is 6.44. The first-order valence-corrected chi connectivity index (χ1v) is 10.4. The molecule has 1 aliphatic heterocycles. The SMILES string of the molecule is O=C(COC(=O)[C@H]1CC(=O)N(c2cccc(Cl)c2Cl)C1)Nc1cccc2ccccc12. The molecule has 1 fully saturated rings. The molecule has 0 aromatic heterocycles. The minimum absolute atomic E-state index is 0.0212. The van der Waals surface area contributed by atoms with Crippen molar-refractivity contribution in [2.45, 2.75) is 6.42 Å². The topological polar surface area (TPSA) is 75.7 Å². The first-order chi connectivity index (χ1) is 14.9. The van der Waals surface area contributed by atoms with Gasteiger partial charge in [-0.05, 0) is 23.6 Å². The standard InChI is InChI=1S/C23H18Cl2N2O4/c24-17-8-4-10-19(22(17)25)27-12-15(11-21(27)29)23(30)31-13-20(28)26-18-9-3-6-14-5-1-2-7-16(14)18/h1-10,15H,11-13H2,(H,26,28)/t15-/m0/s1. The highest BCUT2D eigenvalue weighted by Gasteiger charge is 2.37. The van der Waals surface area contributed by atoms with Gasteiger partial charge >= 0.3 is 5.97 Å². The number of hydrogen-bond acceptors (Lipinski definition) is 4. The van der Waals surface area contributed by atoms with Crippen LogP contribution in [-0.4, -0.2) is 30.9 Å². The quantitative estimate of drug-likeness (QED) is 0.565. The fourth-order valence-corrected chi connectivity index (χ4v) is 3.97. The molecule has 0 radical (unpaired) electrons. The molecule has 0 spiro atoms. The van der Waals surface area contributed by atoms with Crippen molar-refractivity contribution in [2.24, 2.45) is 5.92 Å². The van der Waals surface area contributed by atoms with E-state index in [9.17, 15) is 14.4 Å². The monoisotopic (exact) mass is 456 g/mol. The summed E-state index contributed by atoms with van der Waals surface area (Å²) in [6.45, 7) is -0.326. The zero-order chi connectivity index (χ0) is 22.0. The second-order valence-corrected chi connectivity index (χ2v) is 7.95. The average Bonchev–Trinajstić information content (AvgIpc) is 3.16. The lowest BCUT2D eigenvalue weighted by atomic mass is 10.1. The summed E-state index contributed by atoms with van der Waals surface area (Å²) in [6, 6.07) is 18.2. The number of carbonyl (C=O) groups is 3. The Bertz CT molecular complexity index is 1180. The maximum absolute atomic E-state index is 12.4. The van der Waals surface area contributed by atoms with E-state index in [1.54, 1.807) is 24.3 Å². The Kier molecular flexibility index (Phi) is 6.11. The summed E-state index contributed by atoms with van der Waals surface area (Å²) in [6.07, 6.45) is -0.0212. The van der Waals surface area contributed by atoms with Crippen LogP contribution in [0.5, 0.6) is 0 Å². The number of amides is 2. The summed E-state index contributed by atoms with van der Waals surface area (Å²) < 4.78 is 5.17. The Morgan fingerprint density at radius 3 is 2.61 bits per heavy atom. The van der Waals surface area contributed by atoms with E-state index in [2.05, 4.69) is 5.32 Å². The van der Waals surface area contributed by atoms with Gasteiger partial charge in [0.05, 0.1) is 21.7 Å². The van der Waals surface area contributed by atoms with Crippen LogP contribution < -0.4 is 10.2 Å². The van der Waals surface area contributed by atoms with Gasteiger partial charge in [0.1, 0.15) is 0 Å². The number of benzene rings is 3. The number of ether oxygens (including phenoxy) is 1. The average molecular weight is 457 g/mol. The first kappa shape index (κ1) is 21.2. The van der Waals surface area contributed by atoms with E-state index in [-0.39, 0.29) is 23.9 Å². The molecule has 1 atom stereocenters. The molecule has 31 heavy (non-hydrogen) atoms. The van der Waals surface area contributed by atoms with Gasteiger partial charge in [-0.15, -0.1) is 0 Å². The molecule has 0 bridgehead atoms. The molecule has 0 aliphatic carbocycles. The molecule has 8 heteroatoms. The minimum Gasteiger partial charge on any atom is -0.455 e. The number of fused-ring (bicyclic) bond motifs is 1. The van der Waals surface area contributed by atoms with Gasteiger partial charge in [-0.1, -0.05) is 65.7 Å². The number of halogens is 2. The number of nitrogens with zero attached hydrogens (tertiary/aromatic N) is 1. The highest BCUT2D eigenvalue weighted by atomic mass is 35.5. The Morgan fingerprint density at radius 1 is 1.03 bits per heavy atom. The summed E-state index contributed by atoms with van der Waals surface area (Å²) in [7, 11) is 0. The number of esters is 1. The fourth-order valence-electron chi connectivity index (χ4n) is 3.57. The molecule has 2 amide bonds. The van der Waals surface area contributed by atoms with Crippen molar-refractivity contribution < 1.29 is 19.1 Å². The molecule has 4 rings (SSSR count). The predicted octanol–water partition coefficient (Wildman–Crippen LogP) is 4.68. The van der Waals surface area contributed by atoms with Crippen molar-refractivity contribution in [1.82, 2.24) is 0 Å². The number of rotatable bonds is 5. The van der Waals surface area contributed by atoms with E-state index in [1.165, 1.54) is 4.90 Å². The van der Waals surface area contributed by atoms with Crippen LogP contribution in [0.1, 0.15) is 6.42 Å². The van der Waals surface area contributed by atoms with Crippen molar-refractivity contribution in [2.75, 3.05) is 23.4 Å². The van der Waals surface area contributed by atoms with E-state index in [4.69, 9.17) is 27.9 Å². The van der Waals surface area contributed by atoms with Gasteiger partial charge in [-0.3, -0.25) is 14.4 Å². The van der Waals surface area contributed by atoms with Gasteiger partial charge < -0.3 is 15.0 Å². The second kappa shape index (κ2) is 8.96. The molecule has 1 aliphatic rings. The van der Waals surface area contributed by atoms with Crippen molar-refractivity contribution in [3.63, 3.8) is 0 Å². The molecule has 1 saturated heterocycles. The van der Waals surface area contributed by atoms with Crippen LogP contribution in [0.3, 0.4) is 0 Å². The Morgan fingerprint density at radius 2 is 1.77 bits per heavy atom. The van der Waals surface area contributed by atoms with E-state index in [0.717, 1.165) is 10.8 Å². The summed E-state index contributed by atoms with van der Waals surface area (Å²) in [5, 5.41) is 5.21. The third kappa shape index (κ3) is 4.50. The van der Waals surface area contributed by atoms with Gasteiger partial charge in [0.15, 0.2) is 6.61 Å². The lowest BCUT2D eigenvalue weighted by Gasteiger charge is -2.18. The smallest absolute Gasteiger partial charge is 0.311 e. The predicted molar refractivity (Wildman–Crippen MR) is 120 cm³/mol. The van der Waals surface area contributed by atoms with Crippen molar-refractivity contribution >= 4 is 63.1 Å². The van der Waals surface area contributed by atoms with E-state index < -0.39 is 24.4 Å². The van der Waals surface area contributed by atoms with Crippen LogP contribution in [-0.2, 0) is 19.1 Å².